The fourth-order valence-corrected chi connectivity index (χ4v) is 1.91. The van der Waals surface area contributed by atoms with E-state index in [1.807, 2.05) is 19.1 Å². The van der Waals surface area contributed by atoms with Crippen molar-refractivity contribution in [2.24, 2.45) is 0 Å². The predicted molar refractivity (Wildman–Crippen MR) is 57.3 cm³/mol. The molecule has 0 unspecified atom stereocenters. The number of hydrogen-bond donors (Lipinski definition) is 1. The van der Waals surface area contributed by atoms with E-state index in [-0.39, 0.29) is 0 Å². The van der Waals surface area contributed by atoms with Crippen molar-refractivity contribution in [2.75, 3.05) is 5.32 Å². The molecule has 3 nitrogen and oxygen atoms in total. The largest absolute Gasteiger partial charge is 0.363 e. The van der Waals surface area contributed by atoms with Gasteiger partial charge in [-0.3, -0.25) is 0 Å². The van der Waals surface area contributed by atoms with Gasteiger partial charge in [0.1, 0.15) is 5.82 Å². The first-order valence-corrected chi connectivity index (χ1v) is 5.33. The van der Waals surface area contributed by atoms with Gasteiger partial charge in [-0.25, -0.2) is 0 Å². The Bertz CT molecular complexity index is 295. The number of aromatic nitrogens is 2. The normalized spacial score (nSPS) is 18.7. The summed E-state index contributed by atoms with van der Waals surface area (Å²) in [6.07, 6.45) is 5.03. The summed E-state index contributed by atoms with van der Waals surface area (Å²) in [5.41, 5.74) is 1.28. The van der Waals surface area contributed by atoms with Crippen molar-refractivity contribution in [1.29, 1.82) is 0 Å². The average molecular weight is 191 g/mol. The molecule has 0 amide bonds. The average Bonchev–Trinajstić information content (AvgIpc) is 2.15. The number of aryl methyl sites for hydroxylation is 1. The highest BCUT2D eigenvalue weighted by Crippen LogP contribution is 2.37. The molecule has 1 N–H and O–H groups in total. The molecule has 1 fully saturated rings. The second kappa shape index (κ2) is 3.56. The number of nitrogens with zero attached hydrogens (tertiary/aromatic N) is 2. The van der Waals surface area contributed by atoms with Crippen LogP contribution in [0.4, 0.5) is 5.82 Å². The Morgan fingerprint density at radius 2 is 2.14 bits per heavy atom. The lowest BCUT2D eigenvalue weighted by molar-refractivity contribution is 0.268. The molecule has 3 heteroatoms. The van der Waals surface area contributed by atoms with E-state index in [9.17, 15) is 0 Å². The van der Waals surface area contributed by atoms with Crippen LogP contribution in [-0.2, 0) is 0 Å². The Hall–Kier alpha value is -1.12. The molecular formula is C11H17N3. The first-order chi connectivity index (χ1) is 6.74. The van der Waals surface area contributed by atoms with Gasteiger partial charge in [-0.05, 0) is 44.7 Å². The first-order valence-electron chi connectivity index (χ1n) is 5.33. The summed E-state index contributed by atoms with van der Waals surface area (Å²) < 4.78 is 0. The zero-order valence-electron chi connectivity index (χ0n) is 8.88. The van der Waals surface area contributed by atoms with E-state index in [0.29, 0.717) is 5.54 Å². The van der Waals surface area contributed by atoms with Crippen molar-refractivity contribution in [3.63, 3.8) is 0 Å². The number of rotatable bonds is 3. The minimum Gasteiger partial charge on any atom is -0.363 e. The van der Waals surface area contributed by atoms with Gasteiger partial charge in [0.05, 0.1) is 5.69 Å². The molecule has 76 valence electrons. The monoisotopic (exact) mass is 191 g/mol. The zero-order chi connectivity index (χ0) is 10.0. The van der Waals surface area contributed by atoms with Gasteiger partial charge in [0, 0.05) is 5.54 Å². The lowest BCUT2D eigenvalue weighted by Gasteiger charge is -2.42. The lowest BCUT2D eigenvalue weighted by atomic mass is 9.75. The van der Waals surface area contributed by atoms with Crippen LogP contribution < -0.4 is 5.32 Å². The zero-order valence-corrected chi connectivity index (χ0v) is 8.88. The molecule has 0 bridgehead atoms. The highest BCUT2D eigenvalue weighted by Gasteiger charge is 2.35. The van der Waals surface area contributed by atoms with Crippen LogP contribution in [0.5, 0.6) is 0 Å². The first kappa shape index (κ1) is 9.44. The highest BCUT2D eigenvalue weighted by molar-refractivity contribution is 5.37. The van der Waals surface area contributed by atoms with Crippen molar-refractivity contribution in [2.45, 2.75) is 45.1 Å². The molecule has 14 heavy (non-hydrogen) atoms. The van der Waals surface area contributed by atoms with Crippen molar-refractivity contribution in [1.82, 2.24) is 10.2 Å². The quantitative estimate of drug-likeness (QED) is 0.797. The summed E-state index contributed by atoms with van der Waals surface area (Å²) in [7, 11) is 0. The third-order valence-corrected chi connectivity index (χ3v) is 3.18. The maximum Gasteiger partial charge on any atom is 0.149 e. The van der Waals surface area contributed by atoms with Crippen LogP contribution >= 0.6 is 0 Å². The third kappa shape index (κ3) is 1.72. The molecule has 2 rings (SSSR count). The van der Waals surface area contributed by atoms with Gasteiger partial charge in [-0.2, -0.15) is 5.10 Å². The Kier molecular flexibility index (Phi) is 2.40. The van der Waals surface area contributed by atoms with E-state index in [2.05, 4.69) is 22.4 Å². The van der Waals surface area contributed by atoms with Crippen LogP contribution in [0.25, 0.3) is 0 Å². The summed E-state index contributed by atoms with van der Waals surface area (Å²) in [5.74, 6) is 0.914. The van der Waals surface area contributed by atoms with E-state index < -0.39 is 0 Å². The van der Waals surface area contributed by atoms with Gasteiger partial charge >= 0.3 is 0 Å². The second-order valence-electron chi connectivity index (χ2n) is 4.17. The van der Waals surface area contributed by atoms with E-state index in [1.54, 1.807) is 0 Å². The smallest absolute Gasteiger partial charge is 0.149 e. The van der Waals surface area contributed by atoms with Gasteiger partial charge in [-0.1, -0.05) is 6.92 Å². The van der Waals surface area contributed by atoms with Crippen LogP contribution in [-0.4, -0.2) is 15.7 Å². The number of anilines is 1. The molecule has 0 aromatic carbocycles. The molecular weight excluding hydrogens is 174 g/mol. The SMILES string of the molecule is CCC1(Nc2ccc(C)nn2)CCC1. The third-order valence-electron chi connectivity index (χ3n) is 3.18. The second-order valence-corrected chi connectivity index (χ2v) is 4.17. The maximum absolute atomic E-state index is 4.13. The fraction of sp³-hybridized carbons (Fsp3) is 0.636. The minimum atomic E-state index is 0.309. The predicted octanol–water partition coefficient (Wildman–Crippen LogP) is 2.53. The van der Waals surface area contributed by atoms with Crippen LogP contribution in [0.3, 0.4) is 0 Å². The molecule has 1 saturated carbocycles. The van der Waals surface area contributed by atoms with Crippen molar-refractivity contribution < 1.29 is 0 Å². The molecule has 1 heterocycles. The van der Waals surface area contributed by atoms with Gasteiger partial charge in [0.2, 0.25) is 0 Å². The van der Waals surface area contributed by atoms with Gasteiger partial charge in [0.25, 0.3) is 0 Å². The summed E-state index contributed by atoms with van der Waals surface area (Å²) in [6.45, 7) is 4.18. The van der Waals surface area contributed by atoms with Crippen molar-refractivity contribution in [3.05, 3.63) is 17.8 Å². The van der Waals surface area contributed by atoms with Crippen LogP contribution in [0.15, 0.2) is 12.1 Å². The van der Waals surface area contributed by atoms with Crippen LogP contribution in [0, 0.1) is 6.92 Å². The van der Waals surface area contributed by atoms with Gasteiger partial charge in [-0.15, -0.1) is 5.10 Å². The fourth-order valence-electron chi connectivity index (χ4n) is 1.91. The molecule has 1 aromatic rings. The molecule has 1 aliphatic carbocycles. The summed E-state index contributed by atoms with van der Waals surface area (Å²) in [4.78, 5) is 0. The Balaban J connectivity index is 2.06. The summed E-state index contributed by atoms with van der Waals surface area (Å²) >= 11 is 0. The van der Waals surface area contributed by atoms with Gasteiger partial charge < -0.3 is 5.32 Å². The maximum atomic E-state index is 4.13. The molecule has 0 aliphatic heterocycles. The molecule has 1 aromatic heterocycles. The highest BCUT2D eigenvalue weighted by atomic mass is 15.2. The minimum absolute atomic E-state index is 0.309. The lowest BCUT2D eigenvalue weighted by Crippen LogP contribution is -2.44. The standard InChI is InChI=1S/C11H17N3/c1-3-11(7-4-8-11)12-10-6-5-9(2)13-14-10/h5-6H,3-4,7-8H2,1-2H3,(H,12,14). The van der Waals surface area contributed by atoms with E-state index in [1.165, 1.54) is 25.7 Å². The number of nitrogens with one attached hydrogen (secondary N) is 1. The van der Waals surface area contributed by atoms with E-state index >= 15 is 0 Å². The summed E-state index contributed by atoms with van der Waals surface area (Å²) in [5, 5.41) is 11.7. The van der Waals surface area contributed by atoms with Crippen LogP contribution in [0.2, 0.25) is 0 Å². The Morgan fingerprint density at radius 3 is 2.57 bits per heavy atom. The molecule has 0 atom stereocenters. The molecule has 0 spiro atoms. The van der Waals surface area contributed by atoms with Crippen LogP contribution in [0.1, 0.15) is 38.3 Å². The molecule has 0 saturated heterocycles. The van der Waals surface area contributed by atoms with Crippen molar-refractivity contribution >= 4 is 5.82 Å². The topological polar surface area (TPSA) is 37.8 Å². The van der Waals surface area contributed by atoms with E-state index in [4.69, 9.17) is 0 Å². The molecule has 0 radical (unpaired) electrons. The van der Waals surface area contributed by atoms with Crippen molar-refractivity contribution in [3.8, 4) is 0 Å². The summed E-state index contributed by atoms with van der Waals surface area (Å²) in [6, 6.07) is 4.01. The molecule has 1 aliphatic rings. The Labute approximate surface area is 84.9 Å². The van der Waals surface area contributed by atoms with Gasteiger partial charge in [0.15, 0.2) is 0 Å². The number of hydrogen-bond acceptors (Lipinski definition) is 3. The Morgan fingerprint density at radius 1 is 1.36 bits per heavy atom. The van der Waals surface area contributed by atoms with E-state index in [0.717, 1.165) is 11.5 Å².